The third-order valence-corrected chi connectivity index (χ3v) is 8.51. The van der Waals surface area contributed by atoms with Gasteiger partial charge in [0.25, 0.3) is 0 Å². The molecule has 0 aromatic rings. The lowest BCUT2D eigenvalue weighted by Gasteiger charge is -2.15. The molecule has 0 bridgehead atoms. The highest BCUT2D eigenvalue weighted by atomic mass is 16.6. The highest BCUT2D eigenvalue weighted by Gasteiger charge is 2.16. The van der Waals surface area contributed by atoms with Crippen LogP contribution in [0.1, 0.15) is 201 Å². The molecule has 0 saturated carbocycles. The van der Waals surface area contributed by atoms with Crippen molar-refractivity contribution in [1.29, 1.82) is 0 Å². The molecule has 0 aromatic heterocycles. The molecular formula is C38H74O5. The van der Waals surface area contributed by atoms with Gasteiger partial charge in [-0.2, -0.15) is 0 Å². The summed E-state index contributed by atoms with van der Waals surface area (Å²) in [6.07, 6.45) is 31.7. The van der Waals surface area contributed by atoms with Crippen molar-refractivity contribution in [1.82, 2.24) is 0 Å². The summed E-state index contributed by atoms with van der Waals surface area (Å²) in [5, 5.41) is 9.51. The molecule has 0 spiro atoms. The Kier molecular flexibility index (Phi) is 31.5. The van der Waals surface area contributed by atoms with Crippen LogP contribution in [0, 0.1) is 11.8 Å². The van der Waals surface area contributed by atoms with Crippen molar-refractivity contribution in [2.45, 2.75) is 207 Å². The van der Waals surface area contributed by atoms with Crippen LogP contribution >= 0.6 is 0 Å². The van der Waals surface area contributed by atoms with Gasteiger partial charge in [-0.25, -0.2) is 0 Å². The van der Waals surface area contributed by atoms with Gasteiger partial charge in [0, 0.05) is 12.8 Å². The van der Waals surface area contributed by atoms with E-state index in [0.29, 0.717) is 12.8 Å². The van der Waals surface area contributed by atoms with Crippen LogP contribution in [0.2, 0.25) is 0 Å². The van der Waals surface area contributed by atoms with Gasteiger partial charge in [0.1, 0.15) is 6.61 Å². The molecule has 0 radical (unpaired) electrons. The van der Waals surface area contributed by atoms with Gasteiger partial charge in [-0.3, -0.25) is 9.59 Å². The number of ether oxygens (including phenoxy) is 2. The van der Waals surface area contributed by atoms with Crippen molar-refractivity contribution < 1.29 is 24.2 Å². The standard InChI is InChI=1S/C38H74O5/c1-34(2)28-24-20-16-13-11-9-7-5-6-8-10-12-14-18-22-26-30-37(40)42-33-36(32-39)43-38(41)31-27-23-19-15-17-21-25-29-35(3)4/h34-36,39H,5-33H2,1-4H3/t36-/m0/s1. The zero-order valence-electron chi connectivity index (χ0n) is 29.3. The summed E-state index contributed by atoms with van der Waals surface area (Å²) >= 11 is 0. The van der Waals surface area contributed by atoms with E-state index < -0.39 is 6.10 Å². The predicted octanol–water partition coefficient (Wildman–Crippen LogP) is 11.3. The second-order valence-corrected chi connectivity index (χ2v) is 14.0. The van der Waals surface area contributed by atoms with Crippen LogP contribution in [-0.2, 0) is 19.1 Å². The third kappa shape index (κ3) is 33.6. The Balaban J connectivity index is 3.48. The highest BCUT2D eigenvalue weighted by Crippen LogP contribution is 2.16. The summed E-state index contributed by atoms with van der Waals surface area (Å²) in [7, 11) is 0. The Bertz CT molecular complexity index is 603. The van der Waals surface area contributed by atoms with Gasteiger partial charge in [-0.1, -0.05) is 175 Å². The number of carbonyl (C=O) groups excluding carboxylic acids is 2. The van der Waals surface area contributed by atoms with Crippen molar-refractivity contribution in [2.75, 3.05) is 13.2 Å². The van der Waals surface area contributed by atoms with E-state index >= 15 is 0 Å². The van der Waals surface area contributed by atoms with Crippen LogP contribution in [0.3, 0.4) is 0 Å². The molecule has 0 aliphatic rings. The van der Waals surface area contributed by atoms with Gasteiger partial charge in [-0.15, -0.1) is 0 Å². The van der Waals surface area contributed by atoms with E-state index in [-0.39, 0.29) is 25.2 Å². The molecule has 43 heavy (non-hydrogen) atoms. The van der Waals surface area contributed by atoms with Crippen LogP contribution < -0.4 is 0 Å². The smallest absolute Gasteiger partial charge is 0.306 e. The first kappa shape index (κ1) is 41.9. The lowest BCUT2D eigenvalue weighted by atomic mass is 10.0. The van der Waals surface area contributed by atoms with Gasteiger partial charge in [0.05, 0.1) is 6.61 Å². The normalized spacial score (nSPS) is 12.3. The Morgan fingerprint density at radius 1 is 0.465 bits per heavy atom. The molecule has 5 nitrogen and oxygen atoms in total. The first-order valence-electron chi connectivity index (χ1n) is 18.8. The van der Waals surface area contributed by atoms with E-state index in [2.05, 4.69) is 27.7 Å². The maximum absolute atomic E-state index is 12.1. The zero-order chi connectivity index (χ0) is 31.8. The predicted molar refractivity (Wildman–Crippen MR) is 182 cm³/mol. The number of rotatable bonds is 33. The quantitative estimate of drug-likeness (QED) is 0.0591. The van der Waals surface area contributed by atoms with Crippen LogP contribution in [0.25, 0.3) is 0 Å². The van der Waals surface area contributed by atoms with Crippen LogP contribution in [0.5, 0.6) is 0 Å². The Morgan fingerprint density at radius 2 is 0.767 bits per heavy atom. The average Bonchev–Trinajstić information content (AvgIpc) is 2.97. The Hall–Kier alpha value is -1.10. The fourth-order valence-corrected chi connectivity index (χ4v) is 5.63. The molecule has 0 aliphatic carbocycles. The van der Waals surface area contributed by atoms with Crippen molar-refractivity contribution >= 4 is 11.9 Å². The fourth-order valence-electron chi connectivity index (χ4n) is 5.63. The maximum atomic E-state index is 12.1. The van der Waals surface area contributed by atoms with Crippen LogP contribution in [-0.4, -0.2) is 36.4 Å². The van der Waals surface area contributed by atoms with Crippen molar-refractivity contribution in [3.8, 4) is 0 Å². The number of unbranched alkanes of at least 4 members (excludes halogenated alkanes) is 21. The number of hydrogen-bond acceptors (Lipinski definition) is 5. The Labute approximate surface area is 268 Å². The molecule has 0 saturated heterocycles. The topological polar surface area (TPSA) is 72.8 Å². The number of aliphatic hydroxyl groups excluding tert-OH is 1. The Morgan fingerprint density at radius 3 is 1.09 bits per heavy atom. The van der Waals surface area contributed by atoms with Crippen molar-refractivity contribution in [2.24, 2.45) is 11.8 Å². The molecule has 1 N–H and O–H groups in total. The molecule has 0 amide bonds. The third-order valence-electron chi connectivity index (χ3n) is 8.51. The first-order chi connectivity index (χ1) is 20.8. The monoisotopic (exact) mass is 611 g/mol. The second kappa shape index (κ2) is 32.3. The van der Waals surface area contributed by atoms with Gasteiger partial charge in [0.2, 0.25) is 0 Å². The fraction of sp³-hybridized carbons (Fsp3) is 0.947. The number of carbonyl (C=O) groups is 2. The van der Waals surface area contributed by atoms with Gasteiger partial charge in [0.15, 0.2) is 6.10 Å². The van der Waals surface area contributed by atoms with Gasteiger partial charge >= 0.3 is 11.9 Å². The summed E-state index contributed by atoms with van der Waals surface area (Å²) in [6, 6.07) is 0. The lowest BCUT2D eigenvalue weighted by Crippen LogP contribution is -2.28. The minimum atomic E-state index is -0.762. The summed E-state index contributed by atoms with van der Waals surface area (Å²) in [5.41, 5.74) is 0. The van der Waals surface area contributed by atoms with E-state index in [1.165, 1.54) is 128 Å². The van der Waals surface area contributed by atoms with E-state index in [1.807, 2.05) is 0 Å². The summed E-state index contributed by atoms with van der Waals surface area (Å²) in [5.74, 6) is 1.07. The highest BCUT2D eigenvalue weighted by molar-refractivity contribution is 5.70. The molecule has 0 aliphatic heterocycles. The van der Waals surface area contributed by atoms with Gasteiger partial charge < -0.3 is 14.6 Å². The molecule has 1 atom stereocenters. The first-order valence-corrected chi connectivity index (χ1v) is 18.8. The summed E-state index contributed by atoms with van der Waals surface area (Å²) in [4.78, 5) is 24.1. The second-order valence-electron chi connectivity index (χ2n) is 14.0. The SMILES string of the molecule is CC(C)CCCCCCCCCCCCCCCCCCC(=O)OC[C@H](CO)OC(=O)CCCCCCCCCC(C)C. The summed E-state index contributed by atoms with van der Waals surface area (Å²) < 4.78 is 10.6. The lowest BCUT2D eigenvalue weighted by molar-refractivity contribution is -0.161. The molecular weight excluding hydrogens is 536 g/mol. The molecule has 0 aromatic carbocycles. The number of aliphatic hydroxyl groups is 1. The molecule has 0 unspecified atom stereocenters. The minimum absolute atomic E-state index is 0.0596. The summed E-state index contributed by atoms with van der Waals surface area (Å²) in [6.45, 7) is 8.80. The number of hydrogen-bond donors (Lipinski definition) is 1. The zero-order valence-corrected chi connectivity index (χ0v) is 29.3. The largest absolute Gasteiger partial charge is 0.462 e. The molecule has 0 rings (SSSR count). The molecule has 256 valence electrons. The minimum Gasteiger partial charge on any atom is -0.462 e. The van der Waals surface area contributed by atoms with E-state index in [1.54, 1.807) is 0 Å². The van der Waals surface area contributed by atoms with Crippen molar-refractivity contribution in [3.63, 3.8) is 0 Å². The molecule has 5 heteroatoms. The van der Waals surface area contributed by atoms with Crippen LogP contribution in [0.15, 0.2) is 0 Å². The number of esters is 2. The van der Waals surface area contributed by atoms with Crippen molar-refractivity contribution in [3.05, 3.63) is 0 Å². The van der Waals surface area contributed by atoms with Gasteiger partial charge in [-0.05, 0) is 24.7 Å². The maximum Gasteiger partial charge on any atom is 0.306 e. The molecule has 0 heterocycles. The van der Waals surface area contributed by atoms with E-state index in [0.717, 1.165) is 43.9 Å². The van der Waals surface area contributed by atoms with Crippen LogP contribution in [0.4, 0.5) is 0 Å². The average molecular weight is 611 g/mol. The molecule has 0 fully saturated rings. The van der Waals surface area contributed by atoms with E-state index in [9.17, 15) is 14.7 Å². The van der Waals surface area contributed by atoms with E-state index in [4.69, 9.17) is 9.47 Å².